The van der Waals surface area contributed by atoms with E-state index in [1.807, 2.05) is 4.90 Å². The summed E-state index contributed by atoms with van der Waals surface area (Å²) in [5, 5.41) is 4.53. The number of nitrogens with zero attached hydrogens (tertiary/aromatic N) is 5. The molecule has 0 spiro atoms. The molecule has 8 nitrogen and oxygen atoms in total. The van der Waals surface area contributed by atoms with Gasteiger partial charge in [0.2, 0.25) is 5.91 Å². The Balaban J connectivity index is 1.06. The van der Waals surface area contributed by atoms with Gasteiger partial charge in [-0.2, -0.15) is 4.37 Å². The molecule has 1 N–H and O–H groups in total. The highest BCUT2D eigenvalue weighted by Crippen LogP contribution is 2.29. The van der Waals surface area contributed by atoms with E-state index in [1.165, 1.54) is 15.0 Å². The quantitative estimate of drug-likeness (QED) is 0.688. The second-order valence-electron chi connectivity index (χ2n) is 8.62. The van der Waals surface area contributed by atoms with Crippen LogP contribution in [0.25, 0.3) is 10.1 Å². The van der Waals surface area contributed by atoms with E-state index in [1.54, 1.807) is 11.5 Å². The van der Waals surface area contributed by atoms with E-state index in [-0.39, 0.29) is 18.0 Å². The molecule has 3 saturated heterocycles. The summed E-state index contributed by atoms with van der Waals surface area (Å²) in [6.07, 6.45) is 2.32. The summed E-state index contributed by atoms with van der Waals surface area (Å²) < 4.78 is 5.93. The number of hydrogen-bond donors (Lipinski definition) is 1. The lowest BCUT2D eigenvalue weighted by Crippen LogP contribution is -2.63. The van der Waals surface area contributed by atoms with Crippen LogP contribution in [0.5, 0.6) is 0 Å². The highest BCUT2D eigenvalue weighted by molar-refractivity contribution is 7.13. The van der Waals surface area contributed by atoms with Crippen LogP contribution in [0.3, 0.4) is 0 Å². The number of aromatic nitrogens is 1. The standard InChI is InChI=1S/C22H30N6O2S/c29-20-15-17-16-23-7-10-27(17)22(30)28(20)9-4-3-8-25-11-13-26(14-12-25)21-18-5-1-2-6-19(18)31-24-21/h1-2,5-6,17,23H,3-4,7-16H2/t17-/m1/s1. The first-order valence-electron chi connectivity index (χ1n) is 11.3. The van der Waals surface area contributed by atoms with Gasteiger partial charge in [-0.25, -0.2) is 4.79 Å². The van der Waals surface area contributed by atoms with Gasteiger partial charge in [0.15, 0.2) is 0 Å². The Bertz CT molecular complexity index is 941. The number of rotatable bonds is 6. The summed E-state index contributed by atoms with van der Waals surface area (Å²) in [7, 11) is 0. The van der Waals surface area contributed by atoms with Crippen LogP contribution in [0.15, 0.2) is 24.3 Å². The Kier molecular flexibility index (Phi) is 6.06. The number of nitrogens with one attached hydrogen (secondary N) is 1. The normalized spacial score (nSPS) is 23.0. The minimum atomic E-state index is -0.0909. The van der Waals surface area contributed by atoms with E-state index >= 15 is 0 Å². The van der Waals surface area contributed by atoms with Crippen molar-refractivity contribution in [2.75, 3.05) is 63.8 Å². The number of carbonyl (C=O) groups excluding carboxylic acids is 2. The van der Waals surface area contributed by atoms with Gasteiger partial charge < -0.3 is 15.1 Å². The lowest BCUT2D eigenvalue weighted by Gasteiger charge is -2.43. The molecule has 0 saturated carbocycles. The fraction of sp³-hybridized carbons (Fsp3) is 0.591. The van der Waals surface area contributed by atoms with Crippen LogP contribution in [-0.4, -0.2) is 96.0 Å². The summed E-state index contributed by atoms with van der Waals surface area (Å²) in [6.45, 7) is 7.82. The molecule has 0 unspecified atom stereocenters. The van der Waals surface area contributed by atoms with Gasteiger partial charge in [0.1, 0.15) is 5.82 Å². The van der Waals surface area contributed by atoms with Gasteiger partial charge in [-0.05, 0) is 43.1 Å². The first-order chi connectivity index (χ1) is 15.2. The fourth-order valence-electron chi connectivity index (χ4n) is 4.88. The maximum atomic E-state index is 12.7. The molecule has 3 amide bonds. The Morgan fingerprint density at radius 3 is 2.71 bits per heavy atom. The number of benzene rings is 1. The van der Waals surface area contributed by atoms with Crippen molar-refractivity contribution in [2.45, 2.75) is 25.3 Å². The van der Waals surface area contributed by atoms with Crippen molar-refractivity contribution < 1.29 is 9.59 Å². The average molecular weight is 443 g/mol. The first-order valence-corrected chi connectivity index (χ1v) is 12.1. The Hall–Kier alpha value is -2.23. The zero-order chi connectivity index (χ0) is 21.2. The zero-order valence-electron chi connectivity index (χ0n) is 17.8. The van der Waals surface area contributed by atoms with Crippen molar-refractivity contribution in [2.24, 2.45) is 0 Å². The lowest BCUT2D eigenvalue weighted by molar-refractivity contribution is -0.133. The number of hydrogen-bond acceptors (Lipinski definition) is 7. The average Bonchev–Trinajstić information content (AvgIpc) is 3.23. The van der Waals surface area contributed by atoms with Crippen molar-refractivity contribution in [1.82, 2.24) is 24.4 Å². The van der Waals surface area contributed by atoms with E-state index in [9.17, 15) is 9.59 Å². The molecular weight excluding hydrogens is 412 g/mol. The Labute approximate surface area is 186 Å². The van der Waals surface area contributed by atoms with Crippen molar-refractivity contribution in [3.8, 4) is 0 Å². The van der Waals surface area contributed by atoms with Crippen LogP contribution in [0.4, 0.5) is 10.6 Å². The van der Waals surface area contributed by atoms with Gasteiger partial charge >= 0.3 is 6.03 Å². The number of urea groups is 1. The fourth-order valence-corrected chi connectivity index (χ4v) is 5.67. The highest BCUT2D eigenvalue weighted by Gasteiger charge is 2.39. The lowest BCUT2D eigenvalue weighted by atomic mass is 10.1. The topological polar surface area (TPSA) is 72.0 Å². The third kappa shape index (κ3) is 4.26. The molecule has 5 rings (SSSR count). The van der Waals surface area contributed by atoms with E-state index in [0.29, 0.717) is 19.5 Å². The van der Waals surface area contributed by atoms with Crippen LogP contribution in [-0.2, 0) is 4.79 Å². The molecule has 3 aliphatic rings. The first kappa shape index (κ1) is 20.7. The molecule has 4 heterocycles. The minimum absolute atomic E-state index is 0.0148. The second-order valence-corrected chi connectivity index (χ2v) is 9.43. The third-order valence-corrected chi connectivity index (χ3v) is 7.49. The molecule has 0 radical (unpaired) electrons. The number of unbranched alkanes of at least 4 members (excludes halogenated alkanes) is 1. The molecule has 166 valence electrons. The molecule has 1 aromatic carbocycles. The molecule has 1 aromatic heterocycles. The molecule has 1 atom stereocenters. The van der Waals surface area contributed by atoms with Gasteiger partial charge in [0.25, 0.3) is 0 Å². The summed E-state index contributed by atoms with van der Waals surface area (Å²) >= 11 is 1.57. The van der Waals surface area contributed by atoms with Gasteiger partial charge in [-0.3, -0.25) is 14.6 Å². The molecule has 0 aliphatic carbocycles. The number of carbonyl (C=O) groups is 2. The van der Waals surface area contributed by atoms with E-state index in [4.69, 9.17) is 0 Å². The summed E-state index contributed by atoms with van der Waals surface area (Å²) in [6, 6.07) is 8.38. The van der Waals surface area contributed by atoms with Crippen LogP contribution in [0.1, 0.15) is 19.3 Å². The monoisotopic (exact) mass is 442 g/mol. The summed E-state index contributed by atoms with van der Waals surface area (Å²) in [5.41, 5.74) is 0. The zero-order valence-corrected chi connectivity index (χ0v) is 18.6. The van der Waals surface area contributed by atoms with E-state index in [0.717, 1.165) is 64.5 Å². The van der Waals surface area contributed by atoms with Crippen molar-refractivity contribution in [1.29, 1.82) is 0 Å². The molecule has 0 bridgehead atoms. The van der Waals surface area contributed by atoms with Crippen molar-refractivity contribution in [3.05, 3.63) is 24.3 Å². The summed E-state index contributed by atoms with van der Waals surface area (Å²) in [4.78, 5) is 33.3. The summed E-state index contributed by atoms with van der Waals surface area (Å²) in [5.74, 6) is 1.10. The van der Waals surface area contributed by atoms with Crippen LogP contribution in [0.2, 0.25) is 0 Å². The number of imide groups is 1. The van der Waals surface area contributed by atoms with Crippen molar-refractivity contribution >= 4 is 39.4 Å². The minimum Gasteiger partial charge on any atom is -0.353 e. The largest absolute Gasteiger partial charge is 0.353 e. The van der Waals surface area contributed by atoms with Gasteiger partial charge in [0, 0.05) is 64.2 Å². The van der Waals surface area contributed by atoms with Gasteiger partial charge in [0.05, 0.1) is 10.7 Å². The smallest absolute Gasteiger partial charge is 0.327 e. The molecule has 3 aliphatic heterocycles. The van der Waals surface area contributed by atoms with E-state index < -0.39 is 0 Å². The molecule has 31 heavy (non-hydrogen) atoms. The highest BCUT2D eigenvalue weighted by atomic mass is 32.1. The Morgan fingerprint density at radius 2 is 1.84 bits per heavy atom. The molecule has 3 fully saturated rings. The second kappa shape index (κ2) is 9.10. The molecular formula is C22H30N6O2S. The molecule has 2 aromatic rings. The maximum Gasteiger partial charge on any atom is 0.327 e. The predicted molar refractivity (Wildman–Crippen MR) is 123 cm³/mol. The van der Waals surface area contributed by atoms with Gasteiger partial charge in [-0.1, -0.05) is 12.1 Å². The number of fused-ring (bicyclic) bond motifs is 2. The van der Waals surface area contributed by atoms with E-state index in [2.05, 4.69) is 43.8 Å². The third-order valence-electron chi connectivity index (χ3n) is 6.67. The van der Waals surface area contributed by atoms with Crippen LogP contribution in [0, 0.1) is 0 Å². The predicted octanol–water partition coefficient (Wildman–Crippen LogP) is 1.82. The maximum absolute atomic E-state index is 12.7. The van der Waals surface area contributed by atoms with Crippen molar-refractivity contribution in [3.63, 3.8) is 0 Å². The Morgan fingerprint density at radius 1 is 1.03 bits per heavy atom. The number of amides is 3. The molecule has 9 heteroatoms. The van der Waals surface area contributed by atoms with Crippen LogP contribution >= 0.6 is 11.5 Å². The van der Waals surface area contributed by atoms with Gasteiger partial charge in [-0.15, -0.1) is 0 Å². The SMILES string of the molecule is O=C1C[C@@H]2CNCCN2C(=O)N1CCCCN1CCN(c2nsc3ccccc23)CC1. The number of piperazine rings is 2. The van der Waals surface area contributed by atoms with Crippen LogP contribution < -0.4 is 10.2 Å². The number of anilines is 1.